The van der Waals surface area contributed by atoms with Crippen LogP contribution >= 0.6 is 27.5 Å². The van der Waals surface area contributed by atoms with Crippen molar-refractivity contribution in [3.8, 4) is 5.75 Å². The SMILES string of the molecule is Cc1nc(Cl)c(OC2CC2)cc1Br. The summed E-state index contributed by atoms with van der Waals surface area (Å²) in [5.41, 5.74) is 0.883. The van der Waals surface area contributed by atoms with Gasteiger partial charge in [-0.2, -0.15) is 0 Å². The van der Waals surface area contributed by atoms with Gasteiger partial charge in [-0.25, -0.2) is 4.98 Å². The fourth-order valence-corrected chi connectivity index (χ4v) is 1.51. The second-order valence-corrected chi connectivity index (χ2v) is 4.37. The number of halogens is 2. The maximum Gasteiger partial charge on any atom is 0.171 e. The molecule has 0 atom stereocenters. The summed E-state index contributed by atoms with van der Waals surface area (Å²) in [7, 11) is 0. The Morgan fingerprint density at radius 1 is 1.62 bits per heavy atom. The number of ether oxygens (including phenoxy) is 1. The third-order valence-corrected chi connectivity index (χ3v) is 2.96. The first-order chi connectivity index (χ1) is 6.16. The fourth-order valence-electron chi connectivity index (χ4n) is 0.983. The van der Waals surface area contributed by atoms with Gasteiger partial charge in [0.25, 0.3) is 0 Å². The van der Waals surface area contributed by atoms with E-state index in [1.54, 1.807) is 0 Å². The Morgan fingerprint density at radius 2 is 2.31 bits per heavy atom. The number of nitrogens with zero attached hydrogens (tertiary/aromatic N) is 1. The summed E-state index contributed by atoms with van der Waals surface area (Å²) in [5.74, 6) is 0.682. The summed E-state index contributed by atoms with van der Waals surface area (Å²) >= 11 is 9.31. The van der Waals surface area contributed by atoms with Crippen LogP contribution in [0.2, 0.25) is 5.15 Å². The van der Waals surface area contributed by atoms with E-state index < -0.39 is 0 Å². The van der Waals surface area contributed by atoms with Gasteiger partial charge in [-0.05, 0) is 41.8 Å². The second-order valence-electron chi connectivity index (χ2n) is 3.16. The van der Waals surface area contributed by atoms with Gasteiger partial charge in [0.05, 0.1) is 11.8 Å². The molecule has 0 saturated heterocycles. The molecule has 1 fully saturated rings. The molecule has 4 heteroatoms. The molecule has 1 heterocycles. The first-order valence-electron chi connectivity index (χ1n) is 4.16. The molecule has 0 bridgehead atoms. The monoisotopic (exact) mass is 261 g/mol. The van der Waals surface area contributed by atoms with Crippen LogP contribution in [-0.4, -0.2) is 11.1 Å². The van der Waals surface area contributed by atoms with Crippen LogP contribution in [0.3, 0.4) is 0 Å². The van der Waals surface area contributed by atoms with Crippen molar-refractivity contribution in [2.75, 3.05) is 0 Å². The van der Waals surface area contributed by atoms with Crippen LogP contribution in [0.4, 0.5) is 0 Å². The number of rotatable bonds is 2. The van der Waals surface area contributed by atoms with Crippen LogP contribution in [0.15, 0.2) is 10.5 Å². The Morgan fingerprint density at radius 3 is 2.92 bits per heavy atom. The lowest BCUT2D eigenvalue weighted by molar-refractivity contribution is 0.302. The Bertz CT molecular complexity index is 339. The van der Waals surface area contributed by atoms with Crippen molar-refractivity contribution in [3.63, 3.8) is 0 Å². The molecule has 0 aliphatic heterocycles. The van der Waals surface area contributed by atoms with E-state index >= 15 is 0 Å². The molecule has 1 aromatic heterocycles. The minimum atomic E-state index is 0.355. The van der Waals surface area contributed by atoms with E-state index in [1.807, 2.05) is 13.0 Å². The van der Waals surface area contributed by atoms with Crippen molar-refractivity contribution in [1.82, 2.24) is 4.98 Å². The van der Waals surface area contributed by atoms with Crippen molar-refractivity contribution in [3.05, 3.63) is 21.4 Å². The highest BCUT2D eigenvalue weighted by molar-refractivity contribution is 9.10. The Hall–Kier alpha value is -0.280. The summed E-state index contributed by atoms with van der Waals surface area (Å²) in [5, 5.41) is 0.451. The molecular weight excluding hydrogens is 253 g/mol. The van der Waals surface area contributed by atoms with Crippen molar-refractivity contribution in [1.29, 1.82) is 0 Å². The van der Waals surface area contributed by atoms with E-state index in [0.29, 0.717) is 17.0 Å². The summed E-state index contributed by atoms with van der Waals surface area (Å²) in [6, 6.07) is 1.88. The van der Waals surface area contributed by atoms with Gasteiger partial charge in [0.2, 0.25) is 0 Å². The quantitative estimate of drug-likeness (QED) is 0.763. The van der Waals surface area contributed by atoms with Gasteiger partial charge in [-0.1, -0.05) is 11.6 Å². The van der Waals surface area contributed by atoms with Gasteiger partial charge in [-0.15, -0.1) is 0 Å². The van der Waals surface area contributed by atoms with Crippen LogP contribution in [0.1, 0.15) is 18.5 Å². The summed E-state index contributed by atoms with van der Waals surface area (Å²) in [6.07, 6.45) is 2.61. The molecule has 70 valence electrons. The van der Waals surface area contributed by atoms with Crippen LogP contribution in [-0.2, 0) is 0 Å². The summed E-state index contributed by atoms with van der Waals surface area (Å²) in [4.78, 5) is 4.15. The topological polar surface area (TPSA) is 22.1 Å². The van der Waals surface area contributed by atoms with Crippen LogP contribution < -0.4 is 4.74 Å². The molecule has 1 saturated carbocycles. The molecule has 0 spiro atoms. The zero-order chi connectivity index (χ0) is 9.42. The number of hydrogen-bond acceptors (Lipinski definition) is 2. The van der Waals surface area contributed by atoms with E-state index in [9.17, 15) is 0 Å². The molecule has 0 unspecified atom stereocenters. The van der Waals surface area contributed by atoms with Crippen LogP contribution in [0.5, 0.6) is 5.75 Å². The maximum atomic E-state index is 5.92. The molecular formula is C9H9BrClNO. The highest BCUT2D eigenvalue weighted by Gasteiger charge is 2.24. The lowest BCUT2D eigenvalue weighted by Crippen LogP contribution is -1.98. The molecule has 1 aromatic rings. The Balaban J connectivity index is 2.27. The van der Waals surface area contributed by atoms with Crippen molar-refractivity contribution < 1.29 is 4.74 Å². The van der Waals surface area contributed by atoms with E-state index in [-0.39, 0.29) is 0 Å². The largest absolute Gasteiger partial charge is 0.487 e. The number of aromatic nitrogens is 1. The predicted octanol–water partition coefficient (Wildman–Crippen LogP) is 3.35. The number of pyridine rings is 1. The third-order valence-electron chi connectivity index (χ3n) is 1.89. The number of aryl methyl sites for hydroxylation is 1. The van der Waals surface area contributed by atoms with Crippen LogP contribution in [0.25, 0.3) is 0 Å². The average Bonchev–Trinajstić information content (AvgIpc) is 2.84. The Labute approximate surface area is 90.4 Å². The molecule has 2 nitrogen and oxygen atoms in total. The van der Waals surface area contributed by atoms with E-state index in [4.69, 9.17) is 16.3 Å². The van der Waals surface area contributed by atoms with Crippen LogP contribution in [0, 0.1) is 6.92 Å². The molecule has 0 N–H and O–H groups in total. The lowest BCUT2D eigenvalue weighted by Gasteiger charge is -2.07. The first-order valence-corrected chi connectivity index (χ1v) is 5.33. The summed E-state index contributed by atoms with van der Waals surface area (Å²) in [6.45, 7) is 1.90. The molecule has 2 rings (SSSR count). The smallest absolute Gasteiger partial charge is 0.171 e. The molecule has 1 aliphatic carbocycles. The average molecular weight is 263 g/mol. The van der Waals surface area contributed by atoms with Gasteiger partial charge in [0.1, 0.15) is 0 Å². The lowest BCUT2D eigenvalue weighted by atomic mass is 10.4. The van der Waals surface area contributed by atoms with Gasteiger partial charge in [0, 0.05) is 4.47 Å². The zero-order valence-corrected chi connectivity index (χ0v) is 9.52. The van der Waals surface area contributed by atoms with Crippen molar-refractivity contribution in [2.24, 2.45) is 0 Å². The number of hydrogen-bond donors (Lipinski definition) is 0. The third kappa shape index (κ3) is 2.15. The molecule has 0 radical (unpaired) electrons. The standard InChI is InChI=1S/C9H9BrClNO/c1-5-7(10)4-8(9(11)12-5)13-6-2-3-6/h4,6H,2-3H2,1H3. The zero-order valence-electron chi connectivity index (χ0n) is 7.18. The minimum absolute atomic E-state index is 0.355. The van der Waals surface area contributed by atoms with Crippen molar-refractivity contribution in [2.45, 2.75) is 25.9 Å². The molecule has 13 heavy (non-hydrogen) atoms. The predicted molar refractivity (Wildman–Crippen MR) is 55.3 cm³/mol. The van der Waals surface area contributed by atoms with E-state index in [1.165, 1.54) is 0 Å². The normalized spacial score (nSPS) is 15.9. The maximum absolute atomic E-state index is 5.92. The molecule has 0 aromatic carbocycles. The highest BCUT2D eigenvalue weighted by Crippen LogP contribution is 2.33. The van der Waals surface area contributed by atoms with Crippen molar-refractivity contribution >= 4 is 27.5 Å². The Kier molecular flexibility index (Phi) is 2.47. The van der Waals surface area contributed by atoms with Gasteiger partial charge in [-0.3, -0.25) is 0 Å². The summed E-state index contributed by atoms with van der Waals surface area (Å²) < 4.78 is 6.51. The fraction of sp³-hybridized carbons (Fsp3) is 0.444. The molecule has 0 amide bonds. The first kappa shape index (κ1) is 9.28. The van der Waals surface area contributed by atoms with Gasteiger partial charge < -0.3 is 4.74 Å². The van der Waals surface area contributed by atoms with E-state index in [0.717, 1.165) is 23.0 Å². The molecule has 1 aliphatic rings. The second kappa shape index (κ2) is 3.46. The van der Waals surface area contributed by atoms with Gasteiger partial charge >= 0.3 is 0 Å². The highest BCUT2D eigenvalue weighted by atomic mass is 79.9. The van der Waals surface area contributed by atoms with E-state index in [2.05, 4.69) is 20.9 Å². The van der Waals surface area contributed by atoms with Gasteiger partial charge in [0.15, 0.2) is 10.9 Å². The minimum Gasteiger partial charge on any atom is -0.487 e.